The Labute approximate surface area is 183 Å². The van der Waals surface area contributed by atoms with Crippen LogP contribution in [0.25, 0.3) is 0 Å². The Morgan fingerprint density at radius 2 is 2.03 bits per heavy atom. The second-order valence-corrected chi connectivity index (χ2v) is 10.5. The number of nitrogens with one attached hydrogen (secondary N) is 1. The van der Waals surface area contributed by atoms with Crippen LogP contribution in [-0.2, 0) is 21.4 Å². The Hall–Kier alpha value is -2.45. The number of pyridine rings is 1. The van der Waals surface area contributed by atoms with Crippen LogP contribution in [0.5, 0.6) is 5.75 Å². The highest BCUT2D eigenvalue weighted by atomic mass is 32.2. The molecule has 31 heavy (non-hydrogen) atoms. The van der Waals surface area contributed by atoms with E-state index in [1.54, 1.807) is 25.4 Å². The average molecular weight is 444 g/mol. The molecular formula is C23H29N3O4S. The van der Waals surface area contributed by atoms with Crippen molar-refractivity contribution in [1.29, 1.82) is 0 Å². The maximum atomic E-state index is 13.3. The zero-order chi connectivity index (χ0) is 21.9. The van der Waals surface area contributed by atoms with Crippen LogP contribution in [0.1, 0.15) is 37.7 Å². The van der Waals surface area contributed by atoms with Crippen molar-refractivity contribution in [2.75, 3.05) is 20.2 Å². The van der Waals surface area contributed by atoms with Gasteiger partial charge in [-0.2, -0.15) is 4.31 Å². The van der Waals surface area contributed by atoms with E-state index in [0.717, 1.165) is 43.4 Å². The van der Waals surface area contributed by atoms with E-state index < -0.39 is 10.0 Å². The molecule has 1 amide bonds. The molecule has 8 heteroatoms. The Bertz CT molecular complexity index is 1020. The predicted molar refractivity (Wildman–Crippen MR) is 117 cm³/mol. The Balaban J connectivity index is 1.54. The number of sulfonamides is 1. The van der Waals surface area contributed by atoms with E-state index in [-0.39, 0.29) is 28.7 Å². The number of carbonyl (C=O) groups excluding carboxylic acids is 1. The summed E-state index contributed by atoms with van der Waals surface area (Å²) in [5, 5.41) is 3.05. The van der Waals surface area contributed by atoms with Crippen molar-refractivity contribution in [3.05, 3.63) is 54.4 Å². The highest BCUT2D eigenvalue weighted by Crippen LogP contribution is 2.48. The minimum absolute atomic E-state index is 0.0754. The van der Waals surface area contributed by atoms with Crippen LogP contribution in [-0.4, -0.2) is 43.8 Å². The molecule has 1 spiro atoms. The molecular weight excluding hydrogens is 414 g/mol. The molecule has 1 saturated carbocycles. The van der Waals surface area contributed by atoms with E-state index in [1.165, 1.54) is 10.5 Å². The quantitative estimate of drug-likeness (QED) is 0.742. The normalized spacial score (nSPS) is 21.1. The summed E-state index contributed by atoms with van der Waals surface area (Å²) < 4.78 is 33.2. The molecule has 1 saturated heterocycles. The van der Waals surface area contributed by atoms with Crippen molar-refractivity contribution < 1.29 is 17.9 Å². The van der Waals surface area contributed by atoms with Gasteiger partial charge in [-0.1, -0.05) is 31.4 Å². The summed E-state index contributed by atoms with van der Waals surface area (Å²) in [7, 11) is -2.07. The first-order valence-electron chi connectivity index (χ1n) is 10.8. The van der Waals surface area contributed by atoms with Gasteiger partial charge in [-0.15, -0.1) is 0 Å². The first-order chi connectivity index (χ1) is 14.9. The fourth-order valence-corrected chi connectivity index (χ4v) is 6.49. The molecule has 2 aromatic rings. The summed E-state index contributed by atoms with van der Waals surface area (Å²) in [5.74, 6) is 0.309. The van der Waals surface area contributed by atoms with E-state index >= 15 is 0 Å². The van der Waals surface area contributed by atoms with E-state index in [2.05, 4.69) is 10.3 Å². The van der Waals surface area contributed by atoms with E-state index in [4.69, 9.17) is 4.74 Å². The van der Waals surface area contributed by atoms with Crippen LogP contribution in [0.15, 0.2) is 53.7 Å². The standard InChI is InChI=1S/C23H29N3O4S/c1-30-19-8-5-7-18(13-19)14-25-22(27)21-16-26(17-23(21)10-3-2-4-11-23)31(28,29)20-9-6-12-24-15-20/h5-9,12-13,15,21H,2-4,10-11,14,16-17H2,1H3,(H,25,27)/t21-/m0/s1. The van der Waals surface area contributed by atoms with Crippen molar-refractivity contribution >= 4 is 15.9 Å². The molecule has 2 fully saturated rings. The summed E-state index contributed by atoms with van der Waals surface area (Å²) in [6.07, 6.45) is 7.88. The first-order valence-corrected chi connectivity index (χ1v) is 12.2. The molecule has 1 aromatic heterocycles. The van der Waals surface area contributed by atoms with Gasteiger partial charge in [-0.3, -0.25) is 9.78 Å². The number of hydrogen-bond donors (Lipinski definition) is 1. The fourth-order valence-electron chi connectivity index (χ4n) is 4.97. The first kappa shape index (κ1) is 21.8. The summed E-state index contributed by atoms with van der Waals surface area (Å²) in [6.45, 7) is 0.987. The highest BCUT2D eigenvalue weighted by Gasteiger charge is 2.53. The van der Waals surface area contributed by atoms with Gasteiger partial charge < -0.3 is 10.1 Å². The molecule has 1 aliphatic carbocycles. The Kier molecular flexibility index (Phi) is 6.29. The van der Waals surface area contributed by atoms with E-state index in [0.29, 0.717) is 13.1 Å². The molecule has 0 bridgehead atoms. The lowest BCUT2D eigenvalue weighted by atomic mass is 9.67. The third-order valence-corrected chi connectivity index (χ3v) is 8.45. The van der Waals surface area contributed by atoms with Gasteiger partial charge in [0.25, 0.3) is 0 Å². The number of aromatic nitrogens is 1. The van der Waals surface area contributed by atoms with Crippen molar-refractivity contribution in [2.45, 2.75) is 43.5 Å². The number of nitrogens with zero attached hydrogens (tertiary/aromatic N) is 2. The summed E-state index contributed by atoms with van der Waals surface area (Å²) in [6, 6.07) is 10.8. The largest absolute Gasteiger partial charge is 0.497 e. The smallest absolute Gasteiger partial charge is 0.244 e. The van der Waals surface area contributed by atoms with Gasteiger partial charge in [0.05, 0.1) is 13.0 Å². The number of carbonyl (C=O) groups is 1. The third-order valence-electron chi connectivity index (χ3n) is 6.66. The van der Waals surface area contributed by atoms with Crippen LogP contribution in [0.2, 0.25) is 0 Å². The van der Waals surface area contributed by atoms with Crippen molar-refractivity contribution in [3.8, 4) is 5.75 Å². The van der Waals surface area contributed by atoms with Gasteiger partial charge in [0.2, 0.25) is 15.9 Å². The minimum Gasteiger partial charge on any atom is -0.497 e. The SMILES string of the molecule is COc1cccc(CNC(=O)[C@@H]2CN(S(=O)(=O)c3cccnc3)CC23CCCCC3)c1. The molecule has 1 aliphatic heterocycles. The van der Waals surface area contributed by atoms with Crippen LogP contribution in [0.3, 0.4) is 0 Å². The molecule has 0 radical (unpaired) electrons. The topological polar surface area (TPSA) is 88.6 Å². The molecule has 1 aromatic carbocycles. The number of ether oxygens (including phenoxy) is 1. The van der Waals surface area contributed by atoms with Crippen LogP contribution < -0.4 is 10.1 Å². The van der Waals surface area contributed by atoms with Gasteiger partial charge >= 0.3 is 0 Å². The Morgan fingerprint density at radius 1 is 1.23 bits per heavy atom. The van der Waals surface area contributed by atoms with Crippen molar-refractivity contribution in [2.24, 2.45) is 11.3 Å². The molecule has 166 valence electrons. The lowest BCUT2D eigenvalue weighted by Gasteiger charge is -2.37. The molecule has 2 aliphatic rings. The molecule has 2 heterocycles. The Morgan fingerprint density at radius 3 is 2.74 bits per heavy atom. The minimum atomic E-state index is -3.68. The molecule has 0 unspecified atom stereocenters. The number of methoxy groups -OCH3 is 1. The summed E-state index contributed by atoms with van der Waals surface area (Å²) in [5.41, 5.74) is 0.648. The van der Waals surface area contributed by atoms with Crippen LogP contribution in [0, 0.1) is 11.3 Å². The molecule has 1 atom stereocenters. The van der Waals surface area contributed by atoms with E-state index in [9.17, 15) is 13.2 Å². The highest BCUT2D eigenvalue weighted by molar-refractivity contribution is 7.89. The lowest BCUT2D eigenvalue weighted by Crippen LogP contribution is -2.42. The summed E-state index contributed by atoms with van der Waals surface area (Å²) in [4.78, 5) is 17.4. The number of amides is 1. The van der Waals surface area contributed by atoms with E-state index in [1.807, 2.05) is 24.3 Å². The number of benzene rings is 1. The number of rotatable bonds is 6. The lowest BCUT2D eigenvalue weighted by molar-refractivity contribution is -0.128. The zero-order valence-corrected chi connectivity index (χ0v) is 18.6. The second-order valence-electron chi connectivity index (χ2n) is 8.53. The van der Waals surface area contributed by atoms with Crippen LogP contribution in [0.4, 0.5) is 0 Å². The average Bonchev–Trinajstić information content (AvgIpc) is 3.18. The molecule has 7 nitrogen and oxygen atoms in total. The van der Waals surface area contributed by atoms with Gasteiger partial charge in [0, 0.05) is 32.0 Å². The van der Waals surface area contributed by atoms with Crippen LogP contribution >= 0.6 is 0 Å². The maximum absolute atomic E-state index is 13.3. The maximum Gasteiger partial charge on any atom is 0.244 e. The third kappa shape index (κ3) is 4.45. The molecule has 4 rings (SSSR count). The van der Waals surface area contributed by atoms with Gasteiger partial charge in [-0.05, 0) is 48.1 Å². The fraction of sp³-hybridized carbons (Fsp3) is 0.478. The predicted octanol–water partition coefficient (Wildman–Crippen LogP) is 2.98. The summed E-state index contributed by atoms with van der Waals surface area (Å²) >= 11 is 0. The van der Waals surface area contributed by atoms with Crippen molar-refractivity contribution in [1.82, 2.24) is 14.6 Å². The van der Waals surface area contributed by atoms with Gasteiger partial charge in [-0.25, -0.2) is 8.42 Å². The van der Waals surface area contributed by atoms with Gasteiger partial charge in [0.1, 0.15) is 10.6 Å². The number of hydrogen-bond acceptors (Lipinski definition) is 5. The monoisotopic (exact) mass is 443 g/mol. The second kappa shape index (κ2) is 8.96. The van der Waals surface area contributed by atoms with Gasteiger partial charge in [0.15, 0.2) is 0 Å². The molecule has 1 N–H and O–H groups in total. The zero-order valence-electron chi connectivity index (χ0n) is 17.8. The van der Waals surface area contributed by atoms with Crippen molar-refractivity contribution in [3.63, 3.8) is 0 Å².